The third-order valence-corrected chi connectivity index (χ3v) is 9.40. The lowest BCUT2D eigenvalue weighted by Crippen LogP contribution is -2.26. The molecule has 2 aromatic heterocycles. The van der Waals surface area contributed by atoms with Gasteiger partial charge in [0.2, 0.25) is 11.8 Å². The maximum Gasteiger partial charge on any atom is 0.254 e. The largest absolute Gasteiger partial charge is 0.497 e. The first-order valence-electron chi connectivity index (χ1n) is 14.1. The van der Waals surface area contributed by atoms with E-state index in [-0.39, 0.29) is 36.4 Å². The molecule has 43 heavy (non-hydrogen) atoms. The Balaban J connectivity index is 1.15. The number of methoxy groups -OCH3 is 1. The number of amides is 3. The zero-order valence-electron chi connectivity index (χ0n) is 24.1. The molecule has 3 N–H and O–H groups in total. The van der Waals surface area contributed by atoms with E-state index in [9.17, 15) is 14.4 Å². The van der Waals surface area contributed by atoms with Crippen molar-refractivity contribution >= 4 is 45.8 Å². The van der Waals surface area contributed by atoms with E-state index in [4.69, 9.17) is 4.74 Å². The highest BCUT2D eigenvalue weighted by Gasteiger charge is 2.26. The van der Waals surface area contributed by atoms with Gasteiger partial charge in [-0.2, -0.15) is 0 Å². The molecule has 0 bridgehead atoms. The van der Waals surface area contributed by atoms with Crippen molar-refractivity contribution in [3.05, 3.63) is 87.6 Å². The highest BCUT2D eigenvalue weighted by Crippen LogP contribution is 2.38. The number of fused-ring (bicyclic) bond motifs is 1. The summed E-state index contributed by atoms with van der Waals surface area (Å²) < 4.78 is 6.91. The van der Waals surface area contributed by atoms with Crippen LogP contribution >= 0.6 is 23.1 Å². The molecule has 4 aromatic rings. The number of ether oxygens (including phenoxy) is 1. The van der Waals surface area contributed by atoms with Crippen LogP contribution in [-0.4, -0.2) is 45.3 Å². The Labute approximate surface area is 258 Å². The predicted octanol–water partition coefficient (Wildman–Crippen LogP) is 4.28. The lowest BCUT2D eigenvalue weighted by atomic mass is 9.95. The molecule has 5 rings (SSSR count). The average molecular weight is 619 g/mol. The van der Waals surface area contributed by atoms with Gasteiger partial charge in [-0.15, -0.1) is 21.5 Å². The molecule has 12 heteroatoms. The van der Waals surface area contributed by atoms with E-state index in [1.165, 1.54) is 28.0 Å². The van der Waals surface area contributed by atoms with Gasteiger partial charge in [-0.25, -0.2) is 0 Å². The second kappa shape index (κ2) is 14.3. The Morgan fingerprint density at radius 2 is 1.70 bits per heavy atom. The molecule has 0 saturated heterocycles. The minimum Gasteiger partial charge on any atom is -0.497 e. The van der Waals surface area contributed by atoms with Crippen LogP contribution in [0.15, 0.2) is 59.8 Å². The van der Waals surface area contributed by atoms with E-state index in [1.54, 1.807) is 18.7 Å². The van der Waals surface area contributed by atoms with Crippen LogP contribution in [0, 0.1) is 0 Å². The van der Waals surface area contributed by atoms with Crippen molar-refractivity contribution in [1.29, 1.82) is 0 Å². The maximum atomic E-state index is 13.3. The summed E-state index contributed by atoms with van der Waals surface area (Å²) in [6, 6.07) is 17.1. The average Bonchev–Trinajstić information content (AvgIpc) is 3.57. The van der Waals surface area contributed by atoms with Crippen molar-refractivity contribution in [2.45, 2.75) is 50.4 Å². The summed E-state index contributed by atoms with van der Waals surface area (Å²) in [6.07, 6.45) is 4.10. The van der Waals surface area contributed by atoms with E-state index in [1.807, 2.05) is 54.6 Å². The molecule has 1 aliphatic rings. The molecular formula is C31H34N6O4S2. The number of aryl methyl sites for hydroxylation is 1. The zero-order valence-corrected chi connectivity index (χ0v) is 25.8. The topological polar surface area (TPSA) is 127 Å². The lowest BCUT2D eigenvalue weighted by molar-refractivity contribution is -0.120. The number of hydrogen-bond acceptors (Lipinski definition) is 8. The van der Waals surface area contributed by atoms with Crippen LogP contribution in [0.1, 0.15) is 50.6 Å². The summed E-state index contributed by atoms with van der Waals surface area (Å²) >= 11 is 2.75. The Bertz CT molecular complexity index is 1580. The highest BCUT2D eigenvalue weighted by atomic mass is 32.2. The van der Waals surface area contributed by atoms with Crippen LogP contribution in [0.3, 0.4) is 0 Å². The number of thioether (sulfide) groups is 1. The zero-order chi connectivity index (χ0) is 30.2. The summed E-state index contributed by atoms with van der Waals surface area (Å²) in [5.41, 5.74) is 3.53. The van der Waals surface area contributed by atoms with Crippen molar-refractivity contribution < 1.29 is 19.1 Å². The molecule has 0 atom stereocenters. The molecule has 0 spiro atoms. The second-order valence-electron chi connectivity index (χ2n) is 10.2. The Hall–Kier alpha value is -4.16. The summed E-state index contributed by atoms with van der Waals surface area (Å²) in [4.78, 5) is 39.9. The number of hydrogen-bond donors (Lipinski definition) is 3. The van der Waals surface area contributed by atoms with E-state index >= 15 is 0 Å². The first kappa shape index (κ1) is 30.3. The number of carbonyl (C=O) groups excluding carboxylic acids is 3. The number of thiophene rings is 1. The minimum absolute atomic E-state index is 0.101. The van der Waals surface area contributed by atoms with Gasteiger partial charge in [0, 0.05) is 18.5 Å². The van der Waals surface area contributed by atoms with Gasteiger partial charge >= 0.3 is 0 Å². The fourth-order valence-electron chi connectivity index (χ4n) is 4.85. The van der Waals surface area contributed by atoms with Gasteiger partial charge in [0.25, 0.3) is 5.91 Å². The van der Waals surface area contributed by atoms with E-state index < -0.39 is 0 Å². The number of nitrogens with zero attached hydrogens (tertiary/aromatic N) is 3. The van der Waals surface area contributed by atoms with Crippen molar-refractivity contribution in [2.24, 2.45) is 7.05 Å². The van der Waals surface area contributed by atoms with Gasteiger partial charge in [0.1, 0.15) is 10.8 Å². The Kier molecular flexibility index (Phi) is 10.1. The summed E-state index contributed by atoms with van der Waals surface area (Å²) in [7, 11) is 3.40. The van der Waals surface area contributed by atoms with Crippen molar-refractivity contribution in [2.75, 3.05) is 18.2 Å². The van der Waals surface area contributed by atoms with Gasteiger partial charge in [0.05, 0.1) is 31.4 Å². The van der Waals surface area contributed by atoms with Crippen LogP contribution in [0.25, 0.3) is 0 Å². The van der Waals surface area contributed by atoms with E-state index in [0.29, 0.717) is 28.1 Å². The van der Waals surface area contributed by atoms with Crippen LogP contribution in [0.4, 0.5) is 5.00 Å². The normalized spacial score (nSPS) is 12.3. The molecule has 2 heterocycles. The molecule has 0 aliphatic heterocycles. The van der Waals surface area contributed by atoms with E-state index in [2.05, 4.69) is 26.1 Å². The lowest BCUT2D eigenvalue weighted by Gasteiger charge is -2.13. The number of aromatic nitrogens is 3. The summed E-state index contributed by atoms with van der Waals surface area (Å²) in [5.74, 6) is 0.888. The highest BCUT2D eigenvalue weighted by molar-refractivity contribution is 7.99. The molecule has 0 saturated carbocycles. The summed E-state index contributed by atoms with van der Waals surface area (Å²) in [6.45, 7) is 0.636. The monoisotopic (exact) mass is 618 g/mol. The van der Waals surface area contributed by atoms with Gasteiger partial charge in [-0.1, -0.05) is 54.2 Å². The van der Waals surface area contributed by atoms with Crippen LogP contribution in [0.5, 0.6) is 5.75 Å². The fraction of sp³-hybridized carbons (Fsp3) is 0.323. The maximum absolute atomic E-state index is 13.3. The third kappa shape index (κ3) is 7.82. The molecule has 0 fully saturated rings. The quantitative estimate of drug-likeness (QED) is 0.202. The SMILES string of the molecule is COc1ccc(CC(=O)NCc2nnc(SCC(=O)Nc3sc4c(c3C(=O)NCc3ccccc3)CCCC4)n2C)cc1. The number of nitrogens with one attached hydrogen (secondary N) is 3. The van der Waals surface area contributed by atoms with Crippen LogP contribution in [-0.2, 0) is 49.0 Å². The molecule has 3 amide bonds. The smallest absolute Gasteiger partial charge is 0.254 e. The molecule has 224 valence electrons. The molecular weight excluding hydrogens is 585 g/mol. The van der Waals surface area contributed by atoms with Crippen molar-refractivity contribution in [3.8, 4) is 5.75 Å². The molecule has 10 nitrogen and oxygen atoms in total. The third-order valence-electron chi connectivity index (χ3n) is 7.17. The molecule has 2 aromatic carbocycles. The van der Waals surface area contributed by atoms with Crippen molar-refractivity contribution in [1.82, 2.24) is 25.4 Å². The first-order chi connectivity index (χ1) is 20.9. The molecule has 1 aliphatic carbocycles. The number of benzene rings is 2. The van der Waals surface area contributed by atoms with Gasteiger partial charge in [-0.3, -0.25) is 14.4 Å². The van der Waals surface area contributed by atoms with Gasteiger partial charge < -0.3 is 25.3 Å². The molecule has 0 radical (unpaired) electrons. The number of anilines is 1. The van der Waals surface area contributed by atoms with Crippen molar-refractivity contribution in [3.63, 3.8) is 0 Å². The predicted molar refractivity (Wildman–Crippen MR) is 167 cm³/mol. The van der Waals surface area contributed by atoms with Gasteiger partial charge in [0.15, 0.2) is 11.0 Å². The number of rotatable bonds is 12. The number of carbonyl (C=O) groups is 3. The molecule has 0 unspecified atom stereocenters. The Morgan fingerprint density at radius 3 is 2.47 bits per heavy atom. The summed E-state index contributed by atoms with van der Waals surface area (Å²) in [5, 5.41) is 18.4. The standard InChI is InChI=1S/C31H34N6O4S2/c1-37-25(18-32-26(38)16-20-12-14-22(41-2)15-13-20)35-36-31(37)42-19-27(39)34-30-28(23-10-6-7-11-24(23)43-30)29(40)33-17-21-8-4-3-5-9-21/h3-5,8-9,12-15H,6-7,10-11,16-19H2,1-2H3,(H,32,38)(H,33,40)(H,34,39). The van der Waals surface area contributed by atoms with Gasteiger partial charge in [-0.05, 0) is 54.5 Å². The minimum atomic E-state index is -0.224. The first-order valence-corrected chi connectivity index (χ1v) is 15.9. The van der Waals surface area contributed by atoms with Crippen LogP contribution in [0.2, 0.25) is 0 Å². The Morgan fingerprint density at radius 1 is 0.930 bits per heavy atom. The van der Waals surface area contributed by atoms with Crippen LogP contribution < -0.4 is 20.7 Å². The fourth-order valence-corrected chi connectivity index (χ4v) is 6.88. The van der Waals surface area contributed by atoms with E-state index in [0.717, 1.165) is 48.1 Å². The second-order valence-corrected chi connectivity index (χ2v) is 12.2.